The summed E-state index contributed by atoms with van der Waals surface area (Å²) in [5.74, 6) is 0.463. The molecule has 7 heteroatoms. The Morgan fingerprint density at radius 2 is 2.12 bits per heavy atom. The van der Waals surface area contributed by atoms with Crippen LogP contribution >= 0.6 is 11.3 Å². The number of amides is 1. The van der Waals surface area contributed by atoms with E-state index in [-0.39, 0.29) is 5.91 Å². The number of fused-ring (bicyclic) bond motifs is 1. The van der Waals surface area contributed by atoms with Crippen molar-refractivity contribution in [2.45, 2.75) is 6.92 Å². The Kier molecular flexibility index (Phi) is 4.14. The number of thiazole rings is 1. The molecule has 130 valence electrons. The van der Waals surface area contributed by atoms with Crippen LogP contribution in [0.2, 0.25) is 0 Å². The molecule has 0 saturated carbocycles. The quantitative estimate of drug-likeness (QED) is 0.594. The number of pyridine rings is 1. The van der Waals surface area contributed by atoms with Crippen LogP contribution in [0.4, 0.5) is 5.13 Å². The van der Waals surface area contributed by atoms with E-state index < -0.39 is 0 Å². The first kappa shape index (κ1) is 16.3. The summed E-state index contributed by atoms with van der Waals surface area (Å²) < 4.78 is 7.08. The zero-order chi connectivity index (χ0) is 18.1. The van der Waals surface area contributed by atoms with Crippen LogP contribution in [-0.2, 0) is 0 Å². The number of carbonyl (C=O) groups excluding carboxylic acids is 1. The van der Waals surface area contributed by atoms with Crippen LogP contribution in [-0.4, -0.2) is 27.6 Å². The van der Waals surface area contributed by atoms with Crippen molar-refractivity contribution >= 4 is 27.9 Å². The van der Waals surface area contributed by atoms with E-state index in [2.05, 4.69) is 15.4 Å². The summed E-state index contributed by atoms with van der Waals surface area (Å²) in [6.07, 6.45) is 1.80. The van der Waals surface area contributed by atoms with E-state index >= 15 is 0 Å². The van der Waals surface area contributed by atoms with Gasteiger partial charge < -0.3 is 4.74 Å². The Labute approximate surface area is 154 Å². The van der Waals surface area contributed by atoms with Gasteiger partial charge in [0.25, 0.3) is 5.91 Å². The second-order valence-electron chi connectivity index (χ2n) is 5.80. The molecule has 0 atom stereocenters. The topological polar surface area (TPSA) is 68.5 Å². The number of anilines is 1. The van der Waals surface area contributed by atoms with Gasteiger partial charge in [0, 0.05) is 17.1 Å². The van der Waals surface area contributed by atoms with Crippen molar-refractivity contribution in [1.29, 1.82) is 0 Å². The van der Waals surface area contributed by atoms with Gasteiger partial charge in [-0.1, -0.05) is 17.7 Å². The zero-order valence-electron chi connectivity index (χ0n) is 14.3. The van der Waals surface area contributed by atoms with Crippen molar-refractivity contribution in [2.24, 2.45) is 0 Å². The molecule has 0 aliphatic carbocycles. The second-order valence-corrected chi connectivity index (χ2v) is 6.65. The van der Waals surface area contributed by atoms with E-state index in [1.54, 1.807) is 23.9 Å². The first-order valence-corrected chi connectivity index (χ1v) is 8.88. The number of hydrogen-bond donors (Lipinski definition) is 1. The summed E-state index contributed by atoms with van der Waals surface area (Å²) in [5.41, 5.74) is 3.99. The second kappa shape index (κ2) is 6.61. The fourth-order valence-corrected chi connectivity index (χ4v) is 3.39. The van der Waals surface area contributed by atoms with Gasteiger partial charge in [0.15, 0.2) is 10.8 Å². The molecule has 0 aliphatic heterocycles. The highest BCUT2D eigenvalue weighted by atomic mass is 32.1. The minimum atomic E-state index is -0.286. The molecular weight excluding hydrogens is 348 g/mol. The summed E-state index contributed by atoms with van der Waals surface area (Å²) in [6, 6.07) is 13.3. The van der Waals surface area contributed by atoms with Crippen LogP contribution in [0.5, 0.6) is 5.75 Å². The summed E-state index contributed by atoms with van der Waals surface area (Å²) in [4.78, 5) is 17.0. The van der Waals surface area contributed by atoms with Gasteiger partial charge in [0.05, 0.1) is 18.3 Å². The lowest BCUT2D eigenvalue weighted by molar-refractivity contribution is 0.102. The zero-order valence-corrected chi connectivity index (χ0v) is 15.1. The summed E-state index contributed by atoms with van der Waals surface area (Å²) in [7, 11) is 1.63. The average molecular weight is 364 g/mol. The normalized spacial score (nSPS) is 10.8. The summed E-state index contributed by atoms with van der Waals surface area (Å²) >= 11 is 1.37. The number of nitrogens with zero attached hydrogens (tertiary/aromatic N) is 3. The molecule has 0 bridgehead atoms. The van der Waals surface area contributed by atoms with E-state index in [0.717, 1.165) is 28.1 Å². The number of nitrogens with one attached hydrogen (secondary N) is 1. The van der Waals surface area contributed by atoms with E-state index in [4.69, 9.17) is 4.74 Å². The van der Waals surface area contributed by atoms with Gasteiger partial charge in [0.2, 0.25) is 0 Å². The SMILES string of the molecule is COc1ccc(C)cc1-c1csc(NC(=O)c2cc3ccccn3n2)n1. The van der Waals surface area contributed by atoms with E-state index in [9.17, 15) is 4.79 Å². The Hall–Kier alpha value is -3.19. The molecule has 3 aromatic heterocycles. The van der Waals surface area contributed by atoms with Gasteiger partial charge in [-0.25, -0.2) is 9.50 Å². The number of methoxy groups -OCH3 is 1. The summed E-state index contributed by atoms with van der Waals surface area (Å²) in [6.45, 7) is 2.02. The van der Waals surface area contributed by atoms with E-state index in [1.807, 2.05) is 48.7 Å². The molecule has 0 spiro atoms. The van der Waals surface area contributed by atoms with Crippen LogP contribution in [0.25, 0.3) is 16.8 Å². The monoisotopic (exact) mass is 364 g/mol. The van der Waals surface area contributed by atoms with Crippen molar-refractivity contribution < 1.29 is 9.53 Å². The number of hydrogen-bond acceptors (Lipinski definition) is 5. The maximum Gasteiger partial charge on any atom is 0.277 e. The van der Waals surface area contributed by atoms with Crippen LogP contribution in [0.3, 0.4) is 0 Å². The first-order valence-electron chi connectivity index (χ1n) is 8.00. The molecule has 0 radical (unpaired) electrons. The standard InChI is InChI=1S/C19H16N4O2S/c1-12-6-7-17(25-2)14(9-12)16-11-26-19(20-16)21-18(24)15-10-13-5-3-4-8-23(13)22-15/h3-11H,1-2H3,(H,20,21,24). The van der Waals surface area contributed by atoms with Crippen molar-refractivity contribution in [1.82, 2.24) is 14.6 Å². The molecule has 1 N–H and O–H groups in total. The molecule has 4 rings (SSSR count). The highest BCUT2D eigenvalue weighted by molar-refractivity contribution is 7.14. The van der Waals surface area contributed by atoms with Crippen LogP contribution in [0, 0.1) is 6.92 Å². The minimum absolute atomic E-state index is 0.286. The van der Waals surface area contributed by atoms with Crippen molar-refractivity contribution in [3.05, 3.63) is 65.3 Å². The largest absolute Gasteiger partial charge is 0.496 e. The molecule has 6 nitrogen and oxygen atoms in total. The highest BCUT2D eigenvalue weighted by Crippen LogP contribution is 2.33. The molecule has 26 heavy (non-hydrogen) atoms. The van der Waals surface area contributed by atoms with Crippen LogP contribution < -0.4 is 10.1 Å². The molecule has 1 aromatic carbocycles. The van der Waals surface area contributed by atoms with Gasteiger partial charge >= 0.3 is 0 Å². The van der Waals surface area contributed by atoms with Crippen LogP contribution in [0.1, 0.15) is 16.1 Å². The predicted octanol–water partition coefficient (Wildman–Crippen LogP) is 4.03. The maximum absolute atomic E-state index is 12.5. The Bertz CT molecular complexity index is 1070. The summed E-state index contributed by atoms with van der Waals surface area (Å²) in [5, 5.41) is 9.51. The molecule has 3 heterocycles. The number of aromatic nitrogens is 3. The third kappa shape index (κ3) is 3.04. The molecule has 0 unspecified atom stereocenters. The Morgan fingerprint density at radius 3 is 2.92 bits per heavy atom. The van der Waals surface area contributed by atoms with Gasteiger partial charge in [-0.2, -0.15) is 5.10 Å². The van der Waals surface area contributed by atoms with Gasteiger partial charge in [0.1, 0.15) is 5.75 Å². The first-order chi connectivity index (χ1) is 12.6. The fourth-order valence-electron chi connectivity index (χ4n) is 2.69. The van der Waals surface area contributed by atoms with Gasteiger partial charge in [-0.3, -0.25) is 10.1 Å². The number of carbonyl (C=O) groups is 1. The van der Waals surface area contributed by atoms with Crippen molar-refractivity contribution in [3.63, 3.8) is 0 Å². The van der Waals surface area contributed by atoms with E-state index in [0.29, 0.717) is 10.8 Å². The average Bonchev–Trinajstić information content (AvgIpc) is 3.28. The van der Waals surface area contributed by atoms with Crippen LogP contribution in [0.15, 0.2) is 54.0 Å². The van der Waals surface area contributed by atoms with E-state index in [1.165, 1.54) is 11.3 Å². The molecule has 1 amide bonds. The molecule has 0 aliphatic rings. The van der Waals surface area contributed by atoms with Crippen molar-refractivity contribution in [2.75, 3.05) is 12.4 Å². The lowest BCUT2D eigenvalue weighted by Crippen LogP contribution is -2.12. The lowest BCUT2D eigenvalue weighted by atomic mass is 10.1. The molecule has 4 aromatic rings. The number of rotatable bonds is 4. The fraction of sp³-hybridized carbons (Fsp3) is 0.105. The molecular formula is C19H16N4O2S. The smallest absolute Gasteiger partial charge is 0.277 e. The van der Waals surface area contributed by atoms with Gasteiger partial charge in [-0.05, 0) is 37.3 Å². The Balaban J connectivity index is 1.58. The maximum atomic E-state index is 12.5. The number of ether oxygens (including phenoxy) is 1. The number of benzene rings is 1. The molecule has 0 fully saturated rings. The van der Waals surface area contributed by atoms with Crippen molar-refractivity contribution in [3.8, 4) is 17.0 Å². The predicted molar refractivity (Wildman–Crippen MR) is 102 cm³/mol. The lowest BCUT2D eigenvalue weighted by Gasteiger charge is -2.07. The minimum Gasteiger partial charge on any atom is -0.496 e. The van der Waals surface area contributed by atoms with Gasteiger partial charge in [-0.15, -0.1) is 11.3 Å². The number of aryl methyl sites for hydroxylation is 1. The third-order valence-corrected chi connectivity index (χ3v) is 4.72. The third-order valence-electron chi connectivity index (χ3n) is 3.96. The Morgan fingerprint density at radius 1 is 1.23 bits per heavy atom. The highest BCUT2D eigenvalue weighted by Gasteiger charge is 2.15. The molecule has 0 saturated heterocycles.